The Hall–Kier alpha value is -2.47. The Balaban J connectivity index is 1.57. The number of methoxy groups -OCH3 is 1. The Kier molecular flexibility index (Phi) is 4.52. The number of amides is 1. The Morgan fingerprint density at radius 2 is 2.04 bits per heavy atom. The Morgan fingerprint density at radius 3 is 2.70 bits per heavy atom. The third kappa shape index (κ3) is 4.04. The van der Waals surface area contributed by atoms with Crippen LogP contribution in [0.5, 0.6) is 0 Å². The summed E-state index contributed by atoms with van der Waals surface area (Å²) in [6.45, 7) is 0. The zero-order chi connectivity index (χ0) is 16.2. The molecule has 2 aromatic rings. The lowest BCUT2D eigenvalue weighted by Crippen LogP contribution is -2.07. The minimum Gasteiger partial charge on any atom is -0.465 e. The predicted molar refractivity (Wildman–Crippen MR) is 89.5 cm³/mol. The van der Waals surface area contributed by atoms with E-state index in [0.29, 0.717) is 16.6 Å². The maximum absolute atomic E-state index is 11.9. The summed E-state index contributed by atoms with van der Waals surface area (Å²) in [6.07, 6.45) is 5.52. The van der Waals surface area contributed by atoms with Crippen molar-refractivity contribution in [3.05, 3.63) is 52.5 Å². The number of ether oxygens (including phenoxy) is 1. The van der Waals surface area contributed by atoms with E-state index < -0.39 is 0 Å². The van der Waals surface area contributed by atoms with Crippen LogP contribution in [-0.2, 0) is 9.53 Å². The zero-order valence-corrected chi connectivity index (χ0v) is 13.4. The van der Waals surface area contributed by atoms with Crippen LogP contribution in [0.4, 0.5) is 5.13 Å². The molecule has 1 saturated carbocycles. The van der Waals surface area contributed by atoms with Crippen molar-refractivity contribution in [1.29, 1.82) is 0 Å². The molecule has 0 bridgehead atoms. The monoisotopic (exact) mass is 328 g/mol. The summed E-state index contributed by atoms with van der Waals surface area (Å²) in [7, 11) is 1.34. The number of anilines is 1. The van der Waals surface area contributed by atoms with Gasteiger partial charge in [-0.1, -0.05) is 12.1 Å². The van der Waals surface area contributed by atoms with Crippen molar-refractivity contribution in [2.24, 2.45) is 0 Å². The molecule has 118 valence electrons. The van der Waals surface area contributed by atoms with Gasteiger partial charge in [-0.3, -0.25) is 10.1 Å². The van der Waals surface area contributed by atoms with Gasteiger partial charge in [0.25, 0.3) is 0 Å². The molecule has 0 atom stereocenters. The highest BCUT2D eigenvalue weighted by molar-refractivity contribution is 7.14. The Labute approximate surface area is 138 Å². The third-order valence-electron chi connectivity index (χ3n) is 3.51. The molecular formula is C17H16N2O3S. The van der Waals surface area contributed by atoms with Gasteiger partial charge < -0.3 is 4.74 Å². The molecule has 1 aromatic carbocycles. The van der Waals surface area contributed by atoms with E-state index in [0.717, 1.165) is 11.3 Å². The van der Waals surface area contributed by atoms with Crippen molar-refractivity contribution < 1.29 is 14.3 Å². The summed E-state index contributed by atoms with van der Waals surface area (Å²) in [5.41, 5.74) is 2.38. The molecule has 0 unspecified atom stereocenters. The van der Waals surface area contributed by atoms with E-state index >= 15 is 0 Å². The standard InChI is InChI=1S/C17H16N2O3S/c1-22-16(21)13-5-2-11(3-6-13)4-9-15(20)19-17-18-14(10-23-17)12-7-8-12/h2-6,9-10,12H,7-8H2,1H3,(H,18,19,20)/b9-4+. The molecular weight excluding hydrogens is 312 g/mol. The first-order chi connectivity index (χ1) is 11.2. The first-order valence-electron chi connectivity index (χ1n) is 7.28. The number of rotatable bonds is 5. The number of carbonyl (C=O) groups is 2. The minimum absolute atomic E-state index is 0.223. The average Bonchev–Trinajstić information content (AvgIpc) is 3.33. The van der Waals surface area contributed by atoms with Crippen molar-refractivity contribution in [3.8, 4) is 0 Å². The molecule has 1 aliphatic rings. The number of esters is 1. The van der Waals surface area contributed by atoms with Gasteiger partial charge in [-0.15, -0.1) is 11.3 Å². The number of nitrogens with one attached hydrogen (secondary N) is 1. The van der Waals surface area contributed by atoms with E-state index in [1.807, 2.05) is 5.38 Å². The van der Waals surface area contributed by atoms with Crippen molar-refractivity contribution in [3.63, 3.8) is 0 Å². The topological polar surface area (TPSA) is 68.3 Å². The summed E-state index contributed by atoms with van der Waals surface area (Å²) in [5, 5.41) is 5.39. The molecule has 0 radical (unpaired) electrons. The van der Waals surface area contributed by atoms with Gasteiger partial charge in [0.2, 0.25) is 5.91 Å². The molecule has 0 saturated heterocycles. The Bertz CT molecular complexity index is 745. The minimum atomic E-state index is -0.381. The molecule has 1 aliphatic carbocycles. The van der Waals surface area contributed by atoms with Crippen LogP contribution >= 0.6 is 11.3 Å². The van der Waals surface area contributed by atoms with Crippen molar-refractivity contribution in [2.75, 3.05) is 12.4 Å². The molecule has 6 heteroatoms. The van der Waals surface area contributed by atoms with Gasteiger partial charge >= 0.3 is 5.97 Å². The number of aromatic nitrogens is 1. The average molecular weight is 328 g/mol. The fourth-order valence-electron chi connectivity index (χ4n) is 2.08. The molecule has 1 heterocycles. The largest absolute Gasteiger partial charge is 0.465 e. The second-order valence-corrected chi connectivity index (χ2v) is 6.15. The molecule has 3 rings (SSSR count). The lowest BCUT2D eigenvalue weighted by molar-refractivity contribution is -0.111. The molecule has 23 heavy (non-hydrogen) atoms. The summed E-state index contributed by atoms with van der Waals surface area (Å²) < 4.78 is 4.64. The number of hydrogen-bond donors (Lipinski definition) is 1. The second kappa shape index (κ2) is 6.75. The fraction of sp³-hybridized carbons (Fsp3) is 0.235. The molecule has 1 aromatic heterocycles. The SMILES string of the molecule is COC(=O)c1ccc(/C=C/C(=O)Nc2nc(C3CC3)cs2)cc1. The van der Waals surface area contributed by atoms with Crippen molar-refractivity contribution >= 4 is 34.4 Å². The number of carbonyl (C=O) groups excluding carboxylic acids is 2. The van der Waals surface area contributed by atoms with Gasteiger partial charge in [0.1, 0.15) is 0 Å². The zero-order valence-electron chi connectivity index (χ0n) is 12.6. The number of thiazole rings is 1. The summed E-state index contributed by atoms with van der Waals surface area (Å²) in [6, 6.07) is 6.83. The maximum Gasteiger partial charge on any atom is 0.337 e. The quantitative estimate of drug-likeness (QED) is 0.674. The maximum atomic E-state index is 11.9. The van der Waals surface area contributed by atoms with E-state index in [2.05, 4.69) is 15.0 Å². The van der Waals surface area contributed by atoms with Crippen LogP contribution < -0.4 is 5.32 Å². The van der Waals surface area contributed by atoms with Crippen LogP contribution in [0, 0.1) is 0 Å². The lowest BCUT2D eigenvalue weighted by Gasteiger charge is -1.99. The highest BCUT2D eigenvalue weighted by Gasteiger charge is 2.26. The summed E-state index contributed by atoms with van der Waals surface area (Å²) in [5.74, 6) is -0.0204. The molecule has 1 N–H and O–H groups in total. The smallest absolute Gasteiger partial charge is 0.337 e. The van der Waals surface area contributed by atoms with E-state index in [4.69, 9.17) is 0 Å². The number of nitrogens with zero attached hydrogens (tertiary/aromatic N) is 1. The van der Waals surface area contributed by atoms with Crippen molar-refractivity contribution in [1.82, 2.24) is 4.98 Å². The molecule has 0 aliphatic heterocycles. The van der Waals surface area contributed by atoms with Gasteiger partial charge in [0.05, 0.1) is 18.4 Å². The number of hydrogen-bond acceptors (Lipinski definition) is 5. The van der Waals surface area contributed by atoms with Gasteiger partial charge in [0.15, 0.2) is 5.13 Å². The van der Waals surface area contributed by atoms with Crippen molar-refractivity contribution in [2.45, 2.75) is 18.8 Å². The summed E-state index contributed by atoms with van der Waals surface area (Å²) in [4.78, 5) is 27.6. The molecule has 1 fully saturated rings. The normalized spacial score (nSPS) is 14.0. The first-order valence-corrected chi connectivity index (χ1v) is 8.16. The van der Waals surface area contributed by atoms with Crippen LogP contribution in [0.3, 0.4) is 0 Å². The van der Waals surface area contributed by atoms with E-state index in [9.17, 15) is 9.59 Å². The lowest BCUT2D eigenvalue weighted by atomic mass is 10.1. The van der Waals surface area contributed by atoms with Crippen LogP contribution in [-0.4, -0.2) is 24.0 Å². The van der Waals surface area contributed by atoms with E-state index in [1.165, 1.54) is 37.4 Å². The fourth-order valence-corrected chi connectivity index (χ4v) is 2.87. The Morgan fingerprint density at radius 1 is 1.30 bits per heavy atom. The number of benzene rings is 1. The van der Waals surface area contributed by atoms with Gasteiger partial charge in [-0.2, -0.15) is 0 Å². The molecule has 0 spiro atoms. The highest BCUT2D eigenvalue weighted by atomic mass is 32.1. The van der Waals surface area contributed by atoms with Crippen LogP contribution in [0.15, 0.2) is 35.7 Å². The first kappa shape index (κ1) is 15.4. The van der Waals surface area contributed by atoms with Gasteiger partial charge in [-0.05, 0) is 36.6 Å². The van der Waals surface area contributed by atoms with Crippen LogP contribution in [0.2, 0.25) is 0 Å². The van der Waals surface area contributed by atoms with E-state index in [1.54, 1.807) is 30.3 Å². The van der Waals surface area contributed by atoms with Gasteiger partial charge in [0, 0.05) is 17.4 Å². The van der Waals surface area contributed by atoms with Crippen LogP contribution in [0.25, 0.3) is 6.08 Å². The second-order valence-electron chi connectivity index (χ2n) is 5.29. The van der Waals surface area contributed by atoms with Gasteiger partial charge in [-0.25, -0.2) is 9.78 Å². The van der Waals surface area contributed by atoms with E-state index in [-0.39, 0.29) is 11.9 Å². The molecule has 5 nitrogen and oxygen atoms in total. The molecule has 1 amide bonds. The third-order valence-corrected chi connectivity index (χ3v) is 4.28. The summed E-state index contributed by atoms with van der Waals surface area (Å²) >= 11 is 1.45. The highest BCUT2D eigenvalue weighted by Crippen LogP contribution is 2.40. The predicted octanol–water partition coefficient (Wildman–Crippen LogP) is 3.46. The van der Waals surface area contributed by atoms with Crippen LogP contribution in [0.1, 0.15) is 40.4 Å².